The van der Waals surface area contributed by atoms with Gasteiger partial charge in [0.1, 0.15) is 6.61 Å². The minimum Gasteiger partial charge on any atom is -0.488 e. The van der Waals surface area contributed by atoms with Crippen LogP contribution in [-0.2, 0) is 0 Å². The molecule has 0 radical (unpaired) electrons. The molecule has 0 bridgehead atoms. The third-order valence-corrected chi connectivity index (χ3v) is 5.24. The van der Waals surface area contributed by atoms with E-state index in [1.165, 1.54) is 6.07 Å². The molecule has 2 aromatic carbocycles. The first kappa shape index (κ1) is 21.5. The summed E-state index contributed by atoms with van der Waals surface area (Å²) in [5, 5.41) is 8.20. The molecule has 164 valence electrons. The second kappa shape index (κ2) is 9.18. The van der Waals surface area contributed by atoms with Gasteiger partial charge in [0.15, 0.2) is 17.2 Å². The molecule has 0 saturated heterocycles. The number of halogens is 1. The zero-order chi connectivity index (χ0) is 22.7. The molecule has 32 heavy (non-hydrogen) atoms. The van der Waals surface area contributed by atoms with Crippen molar-refractivity contribution < 1.29 is 13.9 Å². The van der Waals surface area contributed by atoms with E-state index in [4.69, 9.17) is 4.74 Å². The fraction of sp³-hybridized carbons (Fsp3) is 0.240. The summed E-state index contributed by atoms with van der Waals surface area (Å²) in [6.07, 6.45) is 1.72. The number of rotatable bonds is 7. The molecule has 7 heteroatoms. The van der Waals surface area contributed by atoms with E-state index in [2.05, 4.69) is 15.4 Å². The minimum absolute atomic E-state index is 0.0800. The lowest BCUT2D eigenvalue weighted by atomic mass is 10.1. The van der Waals surface area contributed by atoms with Crippen LogP contribution in [0.2, 0.25) is 0 Å². The van der Waals surface area contributed by atoms with Crippen LogP contribution in [0.3, 0.4) is 0 Å². The van der Waals surface area contributed by atoms with Gasteiger partial charge in [0.2, 0.25) is 0 Å². The number of carbonyl (C=O) groups is 1. The number of amides is 1. The molecular weight excluding hydrogens is 407 g/mol. The highest BCUT2D eigenvalue weighted by molar-refractivity contribution is 5.98. The summed E-state index contributed by atoms with van der Waals surface area (Å²) < 4.78 is 21.5. The number of hydrogen-bond acceptors (Lipinski definition) is 4. The van der Waals surface area contributed by atoms with Crippen molar-refractivity contribution in [1.82, 2.24) is 20.1 Å². The van der Waals surface area contributed by atoms with Crippen molar-refractivity contribution in [1.29, 1.82) is 0 Å². The molecule has 0 aliphatic rings. The highest BCUT2D eigenvalue weighted by Gasteiger charge is 2.20. The number of para-hydroxylation sites is 1. The third-order valence-electron chi connectivity index (χ3n) is 5.24. The van der Waals surface area contributed by atoms with E-state index in [9.17, 15) is 9.18 Å². The summed E-state index contributed by atoms with van der Waals surface area (Å²) in [4.78, 5) is 17.8. The molecule has 1 atom stereocenters. The average Bonchev–Trinajstić information content (AvgIpc) is 3.20. The smallest absolute Gasteiger partial charge is 0.253 e. The van der Waals surface area contributed by atoms with Crippen LogP contribution < -0.4 is 10.1 Å². The number of nitrogens with zero attached hydrogens (tertiary/aromatic N) is 3. The molecule has 1 amide bonds. The standard InChI is InChI=1S/C25H25FN4O2/c1-16(2)30-24-19(14-27-30)13-20(17(3)28-24)25(31)29-22(18-9-5-4-6-10-18)15-32-23-12-8-7-11-21(23)26/h4-14,16,22H,15H2,1-3H3,(H,29,31). The Morgan fingerprint density at radius 1 is 1.12 bits per heavy atom. The number of aromatic nitrogens is 3. The highest BCUT2D eigenvalue weighted by Crippen LogP contribution is 2.22. The molecule has 0 aliphatic carbocycles. The molecule has 4 rings (SSSR count). The van der Waals surface area contributed by atoms with Gasteiger partial charge >= 0.3 is 0 Å². The van der Waals surface area contributed by atoms with Gasteiger partial charge in [0.05, 0.1) is 23.5 Å². The summed E-state index contributed by atoms with van der Waals surface area (Å²) in [7, 11) is 0. The number of aryl methyl sites for hydroxylation is 1. The van der Waals surface area contributed by atoms with E-state index < -0.39 is 11.9 Å². The zero-order valence-electron chi connectivity index (χ0n) is 18.2. The predicted octanol–water partition coefficient (Wildman–Crippen LogP) is 5.01. The van der Waals surface area contributed by atoms with E-state index in [-0.39, 0.29) is 24.3 Å². The van der Waals surface area contributed by atoms with E-state index in [1.807, 2.05) is 48.9 Å². The topological polar surface area (TPSA) is 69.0 Å². The maximum absolute atomic E-state index is 14.0. The van der Waals surface area contributed by atoms with Crippen molar-refractivity contribution in [2.24, 2.45) is 0 Å². The lowest BCUT2D eigenvalue weighted by Crippen LogP contribution is -2.33. The number of benzene rings is 2. The van der Waals surface area contributed by atoms with E-state index in [0.29, 0.717) is 11.3 Å². The summed E-state index contributed by atoms with van der Waals surface area (Å²) >= 11 is 0. The predicted molar refractivity (Wildman–Crippen MR) is 121 cm³/mol. The van der Waals surface area contributed by atoms with Crippen molar-refractivity contribution in [2.45, 2.75) is 32.9 Å². The summed E-state index contributed by atoms with van der Waals surface area (Å²) in [6, 6.07) is 17.2. The number of fused-ring (bicyclic) bond motifs is 1. The second-order valence-corrected chi connectivity index (χ2v) is 7.90. The second-order valence-electron chi connectivity index (χ2n) is 7.90. The molecule has 0 aliphatic heterocycles. The van der Waals surface area contributed by atoms with E-state index >= 15 is 0 Å². The van der Waals surface area contributed by atoms with Crippen LogP contribution in [0.4, 0.5) is 4.39 Å². The molecule has 4 aromatic rings. The van der Waals surface area contributed by atoms with Gasteiger partial charge in [0.25, 0.3) is 5.91 Å². The number of nitrogens with one attached hydrogen (secondary N) is 1. The number of hydrogen-bond donors (Lipinski definition) is 1. The molecule has 1 unspecified atom stereocenters. The number of pyridine rings is 1. The SMILES string of the molecule is Cc1nc2c(cnn2C(C)C)cc1C(=O)NC(COc1ccccc1F)c1ccccc1. The van der Waals surface area contributed by atoms with Crippen molar-refractivity contribution in [3.8, 4) is 5.75 Å². The lowest BCUT2D eigenvalue weighted by Gasteiger charge is -2.20. The molecule has 0 saturated carbocycles. The Balaban J connectivity index is 1.59. The van der Waals surface area contributed by atoms with Crippen LogP contribution in [0.15, 0.2) is 66.9 Å². The van der Waals surface area contributed by atoms with E-state index in [0.717, 1.165) is 16.6 Å². The lowest BCUT2D eigenvalue weighted by molar-refractivity contribution is 0.0919. The zero-order valence-corrected chi connectivity index (χ0v) is 18.2. The van der Waals surface area contributed by atoms with Crippen LogP contribution in [0, 0.1) is 12.7 Å². The molecule has 2 aromatic heterocycles. The largest absolute Gasteiger partial charge is 0.488 e. The van der Waals surface area contributed by atoms with E-state index in [1.54, 1.807) is 37.4 Å². The monoisotopic (exact) mass is 432 g/mol. The average molecular weight is 432 g/mol. The Bertz CT molecular complexity index is 1240. The third kappa shape index (κ3) is 4.46. The first-order valence-electron chi connectivity index (χ1n) is 10.5. The normalized spacial score (nSPS) is 12.2. The van der Waals surface area contributed by atoms with Crippen LogP contribution in [-0.4, -0.2) is 27.3 Å². The van der Waals surface area contributed by atoms with Gasteiger partial charge in [-0.05, 0) is 44.5 Å². The van der Waals surface area contributed by atoms with Crippen LogP contribution in [0.5, 0.6) is 5.75 Å². The Kier molecular flexibility index (Phi) is 6.16. The quantitative estimate of drug-likeness (QED) is 0.446. The van der Waals surface area contributed by atoms with Gasteiger partial charge in [-0.3, -0.25) is 4.79 Å². The van der Waals surface area contributed by atoms with Gasteiger partial charge in [-0.25, -0.2) is 14.1 Å². The van der Waals surface area contributed by atoms with Crippen molar-refractivity contribution in [3.63, 3.8) is 0 Å². The van der Waals surface area contributed by atoms with Crippen molar-refractivity contribution in [2.75, 3.05) is 6.61 Å². The van der Waals surface area contributed by atoms with Gasteiger partial charge in [-0.1, -0.05) is 42.5 Å². The minimum atomic E-state index is -0.475. The van der Waals surface area contributed by atoms with Gasteiger partial charge < -0.3 is 10.1 Å². The first-order chi connectivity index (χ1) is 15.4. The van der Waals surface area contributed by atoms with Gasteiger partial charge in [0, 0.05) is 11.4 Å². The molecule has 0 fully saturated rings. The fourth-order valence-electron chi connectivity index (χ4n) is 3.55. The molecule has 2 heterocycles. The molecular formula is C25H25FN4O2. The Hall–Kier alpha value is -3.74. The summed E-state index contributed by atoms with van der Waals surface area (Å²) in [5.74, 6) is -0.582. The van der Waals surface area contributed by atoms with Crippen molar-refractivity contribution in [3.05, 3.63) is 89.5 Å². The summed E-state index contributed by atoms with van der Waals surface area (Å²) in [6.45, 7) is 5.95. The van der Waals surface area contributed by atoms with Crippen LogP contribution in [0.25, 0.3) is 11.0 Å². The number of carbonyl (C=O) groups excluding carboxylic acids is 1. The van der Waals surface area contributed by atoms with Crippen LogP contribution >= 0.6 is 0 Å². The van der Waals surface area contributed by atoms with Gasteiger partial charge in [-0.2, -0.15) is 5.10 Å². The molecule has 6 nitrogen and oxygen atoms in total. The maximum Gasteiger partial charge on any atom is 0.253 e. The highest BCUT2D eigenvalue weighted by atomic mass is 19.1. The van der Waals surface area contributed by atoms with Crippen LogP contribution in [0.1, 0.15) is 47.5 Å². The van der Waals surface area contributed by atoms with Crippen molar-refractivity contribution >= 4 is 16.9 Å². The molecule has 1 N–H and O–H groups in total. The first-order valence-corrected chi connectivity index (χ1v) is 10.5. The maximum atomic E-state index is 14.0. The van der Waals surface area contributed by atoms with Gasteiger partial charge in [-0.15, -0.1) is 0 Å². The Morgan fingerprint density at radius 2 is 1.84 bits per heavy atom. The number of ether oxygens (including phenoxy) is 1. The Labute approximate surface area is 186 Å². The summed E-state index contributed by atoms with van der Waals surface area (Å²) in [5.41, 5.74) is 2.68. The fourth-order valence-corrected chi connectivity index (χ4v) is 3.55. The Morgan fingerprint density at radius 3 is 2.56 bits per heavy atom. The molecule has 0 spiro atoms.